The summed E-state index contributed by atoms with van der Waals surface area (Å²) in [6, 6.07) is 5.17. The molecule has 0 unspecified atom stereocenters. The Morgan fingerprint density at radius 3 is 1.90 bits per heavy atom. The minimum absolute atomic E-state index is 0.429. The quantitative estimate of drug-likeness (QED) is 0.0828. The van der Waals surface area contributed by atoms with E-state index in [1.54, 1.807) is 0 Å². The third kappa shape index (κ3) is 7.00. The molecule has 0 aliphatic rings. The van der Waals surface area contributed by atoms with Gasteiger partial charge in [-0.3, -0.25) is 18.2 Å². The van der Waals surface area contributed by atoms with Crippen LogP contribution in [0.5, 0.6) is 11.5 Å². The number of benzene rings is 4. The van der Waals surface area contributed by atoms with E-state index in [0.717, 1.165) is 24.3 Å². The van der Waals surface area contributed by atoms with Gasteiger partial charge in [0.05, 0.1) is 10.6 Å². The molecule has 0 fully saturated rings. The second-order valence-corrected chi connectivity index (χ2v) is 15.5. The lowest BCUT2D eigenvalue weighted by atomic mass is 10.1. The van der Waals surface area contributed by atoms with Crippen LogP contribution in [0, 0.1) is 0 Å². The lowest BCUT2D eigenvalue weighted by Crippen LogP contribution is -2.06. The predicted octanol–water partition coefficient (Wildman–Crippen LogP) is 2.97. The number of phenols is 2. The minimum atomic E-state index is -5.41. The Hall–Kier alpha value is -4.86. The SMILES string of the molecule is Nc1nc(Cl)nc(Nc2cc(S(=O)(=O)O)cc3cc(S(=O)(=O)O)c(N=Nc4cc(S(=O)(=O)O)c5cccc(S(=O)(=O)O)c5c4O)c(O)c23)n1. The van der Waals surface area contributed by atoms with E-state index in [1.807, 2.05) is 0 Å². The Balaban J connectivity index is 1.86. The van der Waals surface area contributed by atoms with Gasteiger partial charge in [0, 0.05) is 16.2 Å². The molecule has 0 spiro atoms. The van der Waals surface area contributed by atoms with Crippen LogP contribution in [0.3, 0.4) is 0 Å². The fourth-order valence-electron chi connectivity index (χ4n) is 4.53. The lowest BCUT2D eigenvalue weighted by molar-refractivity contribution is 0.471. The highest BCUT2D eigenvalue weighted by atomic mass is 35.5. The highest BCUT2D eigenvalue weighted by molar-refractivity contribution is 7.87. The summed E-state index contributed by atoms with van der Waals surface area (Å²) < 4.78 is 137. The van der Waals surface area contributed by atoms with Crippen LogP contribution in [-0.2, 0) is 40.5 Å². The van der Waals surface area contributed by atoms with Crippen LogP contribution in [0.25, 0.3) is 21.5 Å². The maximum Gasteiger partial charge on any atom is 0.296 e. The minimum Gasteiger partial charge on any atom is -0.505 e. The average Bonchev–Trinajstić information content (AvgIpc) is 2.94. The second-order valence-electron chi connectivity index (χ2n) is 9.57. The Bertz CT molecular complexity index is 2720. The van der Waals surface area contributed by atoms with E-state index in [4.69, 9.17) is 17.3 Å². The van der Waals surface area contributed by atoms with Crippen LogP contribution in [0.15, 0.2) is 72.3 Å². The summed E-state index contributed by atoms with van der Waals surface area (Å²) in [5.74, 6) is -3.25. The van der Waals surface area contributed by atoms with Gasteiger partial charge in [-0.2, -0.15) is 48.6 Å². The number of nitrogen functional groups attached to an aromatic ring is 1. The van der Waals surface area contributed by atoms with E-state index in [0.29, 0.717) is 18.2 Å². The molecule has 49 heavy (non-hydrogen) atoms. The van der Waals surface area contributed by atoms with Crippen LogP contribution >= 0.6 is 11.6 Å². The molecule has 0 amide bonds. The van der Waals surface area contributed by atoms with Crippen molar-refractivity contribution in [2.24, 2.45) is 10.2 Å². The average molecular weight is 778 g/mol. The molecule has 258 valence electrons. The smallest absolute Gasteiger partial charge is 0.296 e. The van der Waals surface area contributed by atoms with Gasteiger partial charge in [0.25, 0.3) is 40.5 Å². The number of azo groups is 1. The van der Waals surface area contributed by atoms with Crippen molar-refractivity contribution in [3.8, 4) is 11.5 Å². The summed E-state index contributed by atoms with van der Waals surface area (Å²) in [5, 5.41) is 28.8. The van der Waals surface area contributed by atoms with Gasteiger partial charge >= 0.3 is 0 Å². The monoisotopic (exact) mass is 777 g/mol. The molecule has 9 N–H and O–H groups in total. The molecule has 26 heteroatoms. The van der Waals surface area contributed by atoms with E-state index in [9.17, 15) is 62.1 Å². The number of hydrogen-bond donors (Lipinski definition) is 8. The van der Waals surface area contributed by atoms with E-state index in [1.165, 1.54) is 0 Å². The number of rotatable bonds is 8. The highest BCUT2D eigenvalue weighted by Crippen LogP contribution is 2.47. The largest absolute Gasteiger partial charge is 0.505 e. The molecule has 0 atom stereocenters. The Kier molecular flexibility index (Phi) is 8.63. The normalized spacial score (nSPS) is 13.0. The zero-order chi connectivity index (χ0) is 36.4. The van der Waals surface area contributed by atoms with Crippen molar-refractivity contribution in [1.82, 2.24) is 15.0 Å². The molecule has 0 aliphatic carbocycles. The van der Waals surface area contributed by atoms with Crippen LogP contribution in [0.1, 0.15) is 0 Å². The molecule has 21 nitrogen and oxygen atoms in total. The first kappa shape index (κ1) is 35.4. The van der Waals surface area contributed by atoms with Crippen molar-refractivity contribution in [3.05, 3.63) is 47.7 Å². The summed E-state index contributed by atoms with van der Waals surface area (Å²) in [6.07, 6.45) is 0. The maximum absolute atomic E-state index is 12.4. The van der Waals surface area contributed by atoms with E-state index in [2.05, 4.69) is 30.5 Å². The highest BCUT2D eigenvalue weighted by Gasteiger charge is 2.28. The molecule has 0 saturated heterocycles. The first-order valence-electron chi connectivity index (χ1n) is 12.3. The molecule has 1 aromatic heterocycles. The molecule has 0 bridgehead atoms. The topological polar surface area (TPSA) is 359 Å². The molecular weight excluding hydrogens is 762 g/mol. The van der Waals surface area contributed by atoms with E-state index >= 15 is 0 Å². The number of aromatic nitrogens is 3. The number of nitrogens with zero attached hydrogens (tertiary/aromatic N) is 5. The van der Waals surface area contributed by atoms with Crippen LogP contribution in [-0.4, -0.2) is 77.0 Å². The number of phenolic OH excluding ortho intramolecular Hbond substituents is 2. The van der Waals surface area contributed by atoms with Crippen LogP contribution < -0.4 is 11.1 Å². The second kappa shape index (κ2) is 11.9. The number of hydrogen-bond acceptors (Lipinski definition) is 17. The summed E-state index contributed by atoms with van der Waals surface area (Å²) in [4.78, 5) is 6.75. The summed E-state index contributed by atoms with van der Waals surface area (Å²) in [5.41, 5.74) is 2.94. The third-order valence-corrected chi connectivity index (χ3v) is 10.1. The molecule has 4 aromatic carbocycles. The van der Waals surface area contributed by atoms with Gasteiger partial charge < -0.3 is 21.3 Å². The van der Waals surface area contributed by atoms with Gasteiger partial charge in [0.2, 0.25) is 17.2 Å². The first-order valence-corrected chi connectivity index (χ1v) is 18.5. The first-order chi connectivity index (χ1) is 22.5. The van der Waals surface area contributed by atoms with Crippen LogP contribution in [0.2, 0.25) is 5.28 Å². The molecule has 5 rings (SSSR count). The van der Waals surface area contributed by atoms with Crippen molar-refractivity contribution in [3.63, 3.8) is 0 Å². The zero-order valence-corrected chi connectivity index (χ0v) is 27.3. The third-order valence-electron chi connectivity index (χ3n) is 6.42. The van der Waals surface area contributed by atoms with Gasteiger partial charge in [-0.05, 0) is 47.3 Å². The fourth-order valence-corrected chi connectivity index (χ4v) is 7.32. The number of nitrogens with two attached hydrogens (primary N) is 1. The Morgan fingerprint density at radius 1 is 0.694 bits per heavy atom. The Labute approximate surface area is 278 Å². The summed E-state index contributed by atoms with van der Waals surface area (Å²) in [7, 11) is -20.8. The summed E-state index contributed by atoms with van der Waals surface area (Å²) in [6.45, 7) is 0. The number of fused-ring (bicyclic) bond motifs is 2. The number of halogens is 1. The molecule has 1 heterocycles. The zero-order valence-electron chi connectivity index (χ0n) is 23.3. The molecule has 0 aliphatic heterocycles. The molecule has 0 saturated carbocycles. The van der Waals surface area contributed by atoms with Gasteiger partial charge in [-0.1, -0.05) is 12.1 Å². The molecule has 0 radical (unpaired) electrons. The van der Waals surface area contributed by atoms with Crippen molar-refractivity contribution in [2.45, 2.75) is 19.6 Å². The summed E-state index contributed by atoms with van der Waals surface area (Å²) >= 11 is 5.78. The van der Waals surface area contributed by atoms with E-state index < -0.39 is 127 Å². The maximum atomic E-state index is 12.4. The number of anilines is 3. The number of nitrogens with one attached hydrogen (secondary N) is 1. The lowest BCUT2D eigenvalue weighted by Gasteiger charge is -2.15. The molecular formula is C23H16ClN7O14S4. The van der Waals surface area contributed by atoms with Crippen molar-refractivity contribution in [1.29, 1.82) is 0 Å². The van der Waals surface area contributed by atoms with Gasteiger partial charge in [0.1, 0.15) is 26.1 Å². The van der Waals surface area contributed by atoms with Crippen molar-refractivity contribution < 1.29 is 62.1 Å². The van der Waals surface area contributed by atoms with Gasteiger partial charge in [-0.15, -0.1) is 10.2 Å². The van der Waals surface area contributed by atoms with Crippen molar-refractivity contribution >= 4 is 103 Å². The fraction of sp³-hybridized carbons (Fsp3) is 0. The number of aromatic hydroxyl groups is 2. The predicted molar refractivity (Wildman–Crippen MR) is 167 cm³/mol. The Morgan fingerprint density at radius 2 is 1.33 bits per heavy atom. The van der Waals surface area contributed by atoms with Crippen LogP contribution in [0.4, 0.5) is 29.0 Å². The van der Waals surface area contributed by atoms with Gasteiger partial charge in [-0.25, -0.2) is 0 Å². The van der Waals surface area contributed by atoms with E-state index in [-0.39, 0.29) is 0 Å². The molecule has 5 aromatic rings. The van der Waals surface area contributed by atoms with Crippen molar-refractivity contribution in [2.75, 3.05) is 11.1 Å². The van der Waals surface area contributed by atoms with Gasteiger partial charge in [0.15, 0.2) is 11.5 Å². The standard InChI is InChI=1S/C23H16ClN7O14S4/c24-21-27-22(25)29-23(28-21)26-11-6-9(46(34,35)36)4-8-5-15(49(43,44)45)18(20(33)16(8)11)31-30-12-7-14(48(40,41)42)10-2-1-3-13(47(37,38)39)17(10)19(12)32/h1-7,32-33H,(H,34,35,36)(H,37,38,39)(H,40,41,42)(H,43,44,45)(H3,25,26,27,28,29).